The lowest BCUT2D eigenvalue weighted by molar-refractivity contribution is 0.413. The highest BCUT2D eigenvalue weighted by molar-refractivity contribution is 7.99. The van der Waals surface area contributed by atoms with Gasteiger partial charge in [-0.3, -0.25) is 21.4 Å². The third-order valence-electron chi connectivity index (χ3n) is 16.5. The van der Waals surface area contributed by atoms with Crippen LogP contribution < -0.4 is 41.1 Å². The number of hydrogen-bond acceptors (Lipinski definition) is 34. The molecule has 0 bridgehead atoms. The van der Waals surface area contributed by atoms with Gasteiger partial charge in [0.1, 0.15) is 40.0 Å². The Labute approximate surface area is 666 Å². The number of methoxy groups -OCH3 is 1. The molecule has 1 aliphatic carbocycles. The standard InChI is InChI=1S/C18H20N8.C18H13N7O.C13H13N7OS.C13H12N6S.C12H10ClN7O/c1-3-12-9-20-26(11-12)25-18-15(4-2)23-24-17(21-18)8-13-5-6-16-14(7-13)10-19-22-16;1-12-17(24-25-16-5-3-2-4-14(16)11-20-25)21-18(23-22-12)26-15-8-6-13(10-19)7-9-15;1-8-12(15-11-7-14-20-18-11)16-13(19-17-8)22-10-5-3-4-9(6-10)21-2;1-2-11(20-5-1)13-16-12(7-14-17-13)18-19-8-10(6-15-19)9-3-4-9;1-7-11(18-20-17-7)15-10-6-14-19-12(16-10)21-9-5-3-2-4-8(9)13/h5-7,9-11H,3-4,8H2,1-2H3,(H,19,22)(H,21,24,25);2-9,11H,1H3,(H,21,23,24);3-7H,1-2H3,(H2,14,15,16,18,19,20);1-2,5-9H,3-4H2,(H,16,17,18);2-6H,1H3,(H2,15,16,17,18,19,20). The fourth-order valence-electron chi connectivity index (χ4n) is 10.4. The van der Waals surface area contributed by atoms with Crippen molar-refractivity contribution in [1.29, 1.82) is 5.26 Å². The summed E-state index contributed by atoms with van der Waals surface area (Å²) in [5.74, 6) is 7.69. The summed E-state index contributed by atoms with van der Waals surface area (Å²) >= 11 is 9.01. The first-order valence-corrected chi connectivity index (χ1v) is 37.4. The molecular weight excluding hydrogens is 1530 g/mol. The predicted octanol–water partition coefficient (Wildman–Crippen LogP) is 12.8. The summed E-state index contributed by atoms with van der Waals surface area (Å²) < 4.78 is 16.3. The summed E-state index contributed by atoms with van der Waals surface area (Å²) in [4.78, 5) is 29.0. The van der Waals surface area contributed by atoms with E-state index in [4.69, 9.17) is 31.1 Å². The number of anilines is 7. The number of halogens is 1. The molecule has 0 saturated heterocycles. The van der Waals surface area contributed by atoms with Gasteiger partial charge in [0.15, 0.2) is 52.4 Å². The van der Waals surface area contributed by atoms with Crippen molar-refractivity contribution in [3.63, 3.8) is 0 Å². The molecule has 12 heterocycles. The Morgan fingerprint density at radius 2 is 1.39 bits per heavy atom. The van der Waals surface area contributed by atoms with Crippen LogP contribution in [0.2, 0.25) is 5.02 Å². The number of thiophene rings is 1. The summed E-state index contributed by atoms with van der Waals surface area (Å²) in [6, 6.07) is 41.5. The molecule has 5 aromatic carbocycles. The molecule has 115 heavy (non-hydrogen) atoms. The fraction of sp³-hybridized carbons (Fsp3) is 0.162. The van der Waals surface area contributed by atoms with Gasteiger partial charge in [0.25, 0.3) is 0 Å². The second-order valence-corrected chi connectivity index (χ2v) is 27.1. The van der Waals surface area contributed by atoms with E-state index in [2.05, 4.69) is 178 Å². The summed E-state index contributed by atoms with van der Waals surface area (Å²) in [7, 11) is 1.63. The minimum absolute atomic E-state index is 0.0780. The smallest absolute Gasteiger partial charge is 0.343 e. The van der Waals surface area contributed by atoms with E-state index in [1.165, 1.54) is 36.4 Å². The number of aryl methyl sites for hydroxylation is 5. The number of hydrogen-bond donors (Lipinski definition) is 8. The van der Waals surface area contributed by atoms with E-state index in [1.54, 1.807) is 107 Å². The maximum Gasteiger partial charge on any atom is 0.343 e. The minimum Gasteiger partial charge on any atom is -0.497 e. The number of aromatic nitrogens is 29. The number of ether oxygens (including phenoxy) is 3. The molecule has 576 valence electrons. The van der Waals surface area contributed by atoms with Gasteiger partial charge in [0, 0.05) is 22.1 Å². The third-order valence-corrected chi connectivity index (χ3v) is 18.5. The molecule has 17 aromatic rings. The number of H-pyrrole nitrogens is 3. The minimum atomic E-state index is 0.0780. The summed E-state index contributed by atoms with van der Waals surface area (Å²) in [6.07, 6.45) is 20.7. The second-order valence-electron chi connectivity index (χ2n) is 24.7. The molecule has 1 fully saturated rings. The van der Waals surface area contributed by atoms with Gasteiger partial charge >= 0.3 is 12.0 Å². The van der Waals surface area contributed by atoms with Gasteiger partial charge in [-0.1, -0.05) is 84.2 Å². The number of fused-ring (bicyclic) bond motifs is 2. The molecule has 1 aliphatic rings. The Hall–Kier alpha value is -15.0. The van der Waals surface area contributed by atoms with Crippen LogP contribution in [-0.4, -0.2) is 154 Å². The van der Waals surface area contributed by atoms with Gasteiger partial charge in [-0.25, -0.2) is 15.0 Å². The van der Waals surface area contributed by atoms with Gasteiger partial charge in [-0.15, -0.1) is 52.1 Å². The van der Waals surface area contributed by atoms with E-state index in [-0.39, 0.29) is 12.0 Å². The van der Waals surface area contributed by atoms with Gasteiger partial charge in [0.05, 0.1) is 95.4 Å². The van der Waals surface area contributed by atoms with E-state index in [0.29, 0.717) is 109 Å². The highest BCUT2D eigenvalue weighted by Crippen LogP contribution is 2.40. The molecule has 41 heteroatoms. The van der Waals surface area contributed by atoms with Crippen LogP contribution in [0.4, 0.5) is 40.7 Å². The number of nitrogens with zero attached hydrogens (tertiary/aromatic N) is 27. The number of rotatable bonds is 23. The van der Waals surface area contributed by atoms with E-state index in [0.717, 1.165) is 67.0 Å². The van der Waals surface area contributed by atoms with Crippen molar-refractivity contribution >= 4 is 97.2 Å². The normalized spacial score (nSPS) is 11.3. The number of nitriles is 1. The zero-order valence-corrected chi connectivity index (χ0v) is 64.4. The zero-order valence-electron chi connectivity index (χ0n) is 62.0. The number of nitrogens with one attached hydrogen (secondary N) is 8. The molecule has 0 aliphatic heterocycles. The maximum absolute atomic E-state index is 8.84. The molecular formula is C74H68ClN35O3S2. The van der Waals surface area contributed by atoms with Gasteiger partial charge in [-0.05, 0) is 165 Å². The van der Waals surface area contributed by atoms with Crippen LogP contribution in [-0.2, 0) is 19.3 Å². The zero-order chi connectivity index (χ0) is 79.2. The second kappa shape index (κ2) is 37.2. The maximum atomic E-state index is 8.84. The Morgan fingerprint density at radius 3 is 2.18 bits per heavy atom. The molecule has 18 rings (SSSR count). The van der Waals surface area contributed by atoms with E-state index >= 15 is 0 Å². The van der Waals surface area contributed by atoms with Crippen LogP contribution >= 0.6 is 34.7 Å². The van der Waals surface area contributed by atoms with Crippen molar-refractivity contribution in [3.05, 3.63) is 244 Å². The highest BCUT2D eigenvalue weighted by Gasteiger charge is 2.25. The first-order valence-electron chi connectivity index (χ1n) is 35.3. The molecule has 0 atom stereocenters. The monoisotopic (exact) mass is 1590 g/mol. The van der Waals surface area contributed by atoms with Crippen LogP contribution in [0.5, 0.6) is 29.3 Å². The molecule has 0 amide bonds. The van der Waals surface area contributed by atoms with Crippen LogP contribution in [0, 0.1) is 32.1 Å². The number of benzene rings is 5. The molecule has 12 aromatic heterocycles. The van der Waals surface area contributed by atoms with Gasteiger partial charge in [0.2, 0.25) is 5.16 Å². The molecule has 8 N–H and O–H groups in total. The summed E-state index contributed by atoms with van der Waals surface area (Å²) in [5.41, 5.74) is 18.3. The summed E-state index contributed by atoms with van der Waals surface area (Å²) in [5, 5.41) is 101. The van der Waals surface area contributed by atoms with E-state index in [1.807, 2.05) is 130 Å². The largest absolute Gasteiger partial charge is 0.497 e. The van der Waals surface area contributed by atoms with Crippen molar-refractivity contribution in [1.82, 2.24) is 147 Å². The molecule has 0 spiro atoms. The van der Waals surface area contributed by atoms with Gasteiger partial charge < -0.3 is 24.8 Å². The molecule has 0 unspecified atom stereocenters. The Bertz CT molecular complexity index is 6090. The Kier molecular flexibility index (Phi) is 24.8. The SMILES string of the molecule is CCc1cnn(Nc2nc(Cc3ccc4[nH]ncc4c3)nnc2CC)c1.COc1cccc(Sc2nnc(C)c(Nc3cn[nH]n3)n2)c1.Cc1n[nH]nc1Nc1cnnc(Oc2ccccc2Cl)n1.Cc1nnc(Oc2ccc(C#N)cc2)nc1Nn1ncc2ccccc21.c1csc(-c2nncc(Nn3cc(C4CC4)cn3)n2)c1. The van der Waals surface area contributed by atoms with Crippen molar-refractivity contribution in [3.8, 4) is 46.0 Å². The average Bonchev–Trinajstić information content (AvgIpc) is 1.67. The van der Waals surface area contributed by atoms with Crippen LogP contribution in [0.3, 0.4) is 0 Å². The van der Waals surface area contributed by atoms with E-state index < -0.39 is 0 Å². The van der Waals surface area contributed by atoms with Crippen LogP contribution in [0.15, 0.2) is 199 Å². The molecule has 1 saturated carbocycles. The van der Waals surface area contributed by atoms with Gasteiger partial charge in [-0.2, -0.15) is 80.8 Å². The Morgan fingerprint density at radius 1 is 0.583 bits per heavy atom. The van der Waals surface area contributed by atoms with Crippen molar-refractivity contribution in [2.24, 2.45) is 0 Å². The third kappa shape index (κ3) is 20.9. The molecule has 0 radical (unpaired) electrons. The number of para-hydroxylation sites is 2. The summed E-state index contributed by atoms with van der Waals surface area (Å²) in [6.45, 7) is 9.55. The Balaban J connectivity index is 0.000000119. The van der Waals surface area contributed by atoms with Crippen molar-refractivity contribution < 1.29 is 14.2 Å². The first kappa shape index (κ1) is 76.8. The fourth-order valence-corrected chi connectivity index (χ4v) is 12.0. The lowest BCUT2D eigenvalue weighted by Gasteiger charge is -2.10. The quantitative estimate of drug-likeness (QED) is 0.0295. The highest BCUT2D eigenvalue weighted by atomic mass is 35.5. The van der Waals surface area contributed by atoms with E-state index in [9.17, 15) is 0 Å². The first-order chi connectivity index (χ1) is 56.3. The lowest BCUT2D eigenvalue weighted by atomic mass is 10.1. The lowest BCUT2D eigenvalue weighted by Crippen LogP contribution is -2.15. The molecule has 38 nitrogen and oxygen atoms in total. The number of aromatic amines is 3. The van der Waals surface area contributed by atoms with Crippen LogP contribution in [0.1, 0.15) is 83.5 Å². The average molecular weight is 1600 g/mol. The predicted molar refractivity (Wildman–Crippen MR) is 427 cm³/mol. The topological polar surface area (TPSA) is 470 Å². The van der Waals surface area contributed by atoms with Crippen molar-refractivity contribution in [2.45, 2.75) is 82.7 Å². The van der Waals surface area contributed by atoms with Crippen LogP contribution in [0.25, 0.3) is 32.5 Å². The van der Waals surface area contributed by atoms with Crippen molar-refractivity contribution in [2.75, 3.05) is 34.0 Å².